The van der Waals surface area contributed by atoms with E-state index in [1.165, 1.54) is 95.5 Å². The summed E-state index contributed by atoms with van der Waals surface area (Å²) in [4.78, 5) is 12.4. The smallest absolute Gasteiger partial charge is 0.305 e. The first-order valence-electron chi connectivity index (χ1n) is 16.9. The Morgan fingerprint density at radius 2 is 1.07 bits per heavy atom. The van der Waals surface area contributed by atoms with Crippen molar-refractivity contribution < 1.29 is 14.6 Å². The predicted molar refractivity (Wildman–Crippen MR) is 174 cm³/mol. The summed E-state index contributed by atoms with van der Waals surface area (Å²) in [5, 5.41) is 11.0. The fourth-order valence-electron chi connectivity index (χ4n) is 5.49. The average Bonchev–Trinajstić information content (AvgIpc) is 2.87. The minimum absolute atomic E-state index is 0.0846. The van der Waals surface area contributed by atoms with Crippen molar-refractivity contribution in [3.05, 3.63) is 28.8 Å². The minimum atomic E-state index is -0.147. The summed E-state index contributed by atoms with van der Waals surface area (Å²) in [6, 6.07) is 4.27. The molecule has 1 aromatic carbocycles. The predicted octanol–water partition coefficient (Wildman–Crippen LogP) is 11.7. The van der Waals surface area contributed by atoms with Gasteiger partial charge in [-0.1, -0.05) is 164 Å². The van der Waals surface area contributed by atoms with Crippen molar-refractivity contribution in [2.24, 2.45) is 0 Å². The van der Waals surface area contributed by atoms with Crippen LogP contribution in [0.3, 0.4) is 0 Å². The van der Waals surface area contributed by atoms with E-state index in [0.717, 1.165) is 30.4 Å². The van der Waals surface area contributed by atoms with Crippen LogP contribution in [0.2, 0.25) is 0 Å². The zero-order chi connectivity index (χ0) is 30.0. The standard InChI is InChI=1S/C37H66O3/c1-9-10-11-12-13-14-15-16-17-18-19-20-21-22-23-24-27-40-34(38)26-25-30(2)31-28-32(36(3,4)5)35(39)33(29-31)37(6,7)8/h28-30,39H,9-27H2,1-8H3. The van der Waals surface area contributed by atoms with Crippen molar-refractivity contribution in [1.29, 1.82) is 0 Å². The van der Waals surface area contributed by atoms with Crippen LogP contribution in [0, 0.1) is 0 Å². The maximum Gasteiger partial charge on any atom is 0.305 e. The van der Waals surface area contributed by atoms with Crippen LogP contribution in [-0.4, -0.2) is 17.7 Å². The number of carbonyl (C=O) groups excluding carboxylic acids is 1. The highest BCUT2D eigenvalue weighted by atomic mass is 16.5. The molecule has 0 aromatic heterocycles. The largest absolute Gasteiger partial charge is 0.507 e. The fraction of sp³-hybridized carbons (Fsp3) is 0.811. The molecule has 1 rings (SSSR count). The molecule has 0 radical (unpaired) electrons. The summed E-state index contributed by atoms with van der Waals surface area (Å²) < 4.78 is 5.54. The third-order valence-electron chi connectivity index (χ3n) is 8.36. The number of benzene rings is 1. The number of hydrogen-bond donors (Lipinski definition) is 1. The van der Waals surface area contributed by atoms with Gasteiger partial charge in [-0.15, -0.1) is 0 Å². The second-order valence-corrected chi connectivity index (χ2v) is 14.4. The van der Waals surface area contributed by atoms with E-state index < -0.39 is 0 Å². The van der Waals surface area contributed by atoms with E-state index in [2.05, 4.69) is 67.5 Å². The van der Waals surface area contributed by atoms with Gasteiger partial charge in [-0.25, -0.2) is 0 Å². The summed E-state index contributed by atoms with van der Waals surface area (Å²) in [6.07, 6.45) is 22.7. The van der Waals surface area contributed by atoms with Crippen LogP contribution in [0.15, 0.2) is 12.1 Å². The molecule has 0 bridgehead atoms. The van der Waals surface area contributed by atoms with E-state index >= 15 is 0 Å². The zero-order valence-corrected chi connectivity index (χ0v) is 27.9. The van der Waals surface area contributed by atoms with Crippen LogP contribution < -0.4 is 0 Å². The molecule has 0 spiro atoms. The Morgan fingerprint density at radius 1 is 0.700 bits per heavy atom. The zero-order valence-electron chi connectivity index (χ0n) is 27.9. The van der Waals surface area contributed by atoms with Crippen molar-refractivity contribution in [2.45, 2.75) is 188 Å². The molecular formula is C37H66O3. The molecule has 0 fully saturated rings. The molecular weight excluding hydrogens is 492 g/mol. The Kier molecular flexibility index (Phi) is 17.9. The van der Waals surface area contributed by atoms with Gasteiger partial charge in [-0.05, 0) is 46.3 Å². The van der Waals surface area contributed by atoms with Gasteiger partial charge < -0.3 is 9.84 Å². The lowest BCUT2D eigenvalue weighted by atomic mass is 9.77. The third kappa shape index (κ3) is 15.5. The van der Waals surface area contributed by atoms with E-state index in [-0.39, 0.29) is 22.7 Å². The summed E-state index contributed by atoms with van der Waals surface area (Å²) in [5.41, 5.74) is 2.86. The molecule has 0 aliphatic carbocycles. The van der Waals surface area contributed by atoms with Gasteiger partial charge in [-0.3, -0.25) is 4.79 Å². The highest BCUT2D eigenvalue weighted by Gasteiger charge is 2.27. The van der Waals surface area contributed by atoms with Gasteiger partial charge in [0.25, 0.3) is 0 Å². The van der Waals surface area contributed by atoms with Crippen molar-refractivity contribution in [3.63, 3.8) is 0 Å². The quantitative estimate of drug-likeness (QED) is 0.120. The number of aromatic hydroxyl groups is 1. The number of carbonyl (C=O) groups is 1. The van der Waals surface area contributed by atoms with E-state index in [1.54, 1.807) is 0 Å². The van der Waals surface area contributed by atoms with E-state index in [9.17, 15) is 9.90 Å². The van der Waals surface area contributed by atoms with Crippen molar-refractivity contribution in [2.75, 3.05) is 6.61 Å². The van der Waals surface area contributed by atoms with Crippen LogP contribution >= 0.6 is 0 Å². The number of unbranched alkanes of at least 4 members (excludes halogenated alkanes) is 15. The molecule has 0 aliphatic rings. The summed E-state index contributed by atoms with van der Waals surface area (Å²) in [6.45, 7) is 17.8. The molecule has 3 heteroatoms. The third-order valence-corrected chi connectivity index (χ3v) is 8.36. The maximum absolute atomic E-state index is 12.4. The Bertz CT molecular complexity index is 777. The molecule has 3 nitrogen and oxygen atoms in total. The fourth-order valence-corrected chi connectivity index (χ4v) is 5.49. The number of hydrogen-bond acceptors (Lipinski definition) is 3. The normalized spacial score (nSPS) is 13.0. The molecule has 0 saturated carbocycles. The van der Waals surface area contributed by atoms with Crippen LogP contribution in [0.4, 0.5) is 0 Å². The highest BCUT2D eigenvalue weighted by Crippen LogP contribution is 2.41. The lowest BCUT2D eigenvalue weighted by Crippen LogP contribution is -2.18. The van der Waals surface area contributed by atoms with Gasteiger partial charge in [0.1, 0.15) is 5.75 Å². The lowest BCUT2D eigenvalue weighted by Gasteiger charge is -2.29. The van der Waals surface area contributed by atoms with Crippen molar-refractivity contribution >= 4 is 5.97 Å². The monoisotopic (exact) mass is 559 g/mol. The molecule has 1 aromatic rings. The van der Waals surface area contributed by atoms with Gasteiger partial charge in [0.2, 0.25) is 0 Å². The molecule has 0 aliphatic heterocycles. The summed E-state index contributed by atoms with van der Waals surface area (Å²) in [5.74, 6) is 0.554. The van der Waals surface area contributed by atoms with E-state index in [4.69, 9.17) is 4.74 Å². The van der Waals surface area contributed by atoms with Crippen LogP contribution in [0.5, 0.6) is 5.75 Å². The Morgan fingerprint density at radius 3 is 1.45 bits per heavy atom. The van der Waals surface area contributed by atoms with Gasteiger partial charge in [0.15, 0.2) is 0 Å². The van der Waals surface area contributed by atoms with Gasteiger partial charge >= 0.3 is 5.97 Å². The minimum Gasteiger partial charge on any atom is -0.507 e. The lowest BCUT2D eigenvalue weighted by molar-refractivity contribution is -0.144. The first-order valence-corrected chi connectivity index (χ1v) is 16.9. The molecule has 40 heavy (non-hydrogen) atoms. The van der Waals surface area contributed by atoms with E-state index in [1.807, 2.05) is 0 Å². The molecule has 1 unspecified atom stereocenters. The van der Waals surface area contributed by atoms with Gasteiger partial charge in [-0.2, -0.15) is 0 Å². The Balaban J connectivity index is 2.18. The Hall–Kier alpha value is -1.51. The topological polar surface area (TPSA) is 46.5 Å². The van der Waals surface area contributed by atoms with E-state index in [0.29, 0.717) is 18.8 Å². The number of phenolic OH excluding ortho intramolecular Hbond substituents is 1. The highest BCUT2D eigenvalue weighted by molar-refractivity contribution is 5.69. The van der Waals surface area contributed by atoms with Crippen LogP contribution in [-0.2, 0) is 20.4 Å². The molecule has 0 amide bonds. The van der Waals surface area contributed by atoms with Gasteiger partial charge in [0.05, 0.1) is 6.61 Å². The molecule has 1 atom stereocenters. The number of ether oxygens (including phenoxy) is 1. The second-order valence-electron chi connectivity index (χ2n) is 14.4. The maximum atomic E-state index is 12.4. The second kappa shape index (κ2) is 19.6. The molecule has 0 heterocycles. The number of rotatable bonds is 21. The van der Waals surface area contributed by atoms with Crippen molar-refractivity contribution in [3.8, 4) is 5.75 Å². The number of phenols is 1. The average molecular weight is 559 g/mol. The molecule has 0 saturated heterocycles. The van der Waals surface area contributed by atoms with Crippen LogP contribution in [0.1, 0.15) is 194 Å². The number of esters is 1. The summed E-state index contributed by atoms with van der Waals surface area (Å²) in [7, 11) is 0. The van der Waals surface area contributed by atoms with Gasteiger partial charge in [0, 0.05) is 6.42 Å². The molecule has 1 N–H and O–H groups in total. The first-order chi connectivity index (χ1) is 18.9. The Labute approximate surface area is 249 Å². The first kappa shape index (κ1) is 36.5. The SMILES string of the molecule is CCCCCCCCCCCCCCCCCCOC(=O)CCC(C)c1cc(C(C)(C)C)c(O)c(C(C)(C)C)c1. The summed E-state index contributed by atoms with van der Waals surface area (Å²) >= 11 is 0. The molecule has 232 valence electrons. The van der Waals surface area contributed by atoms with Crippen LogP contribution in [0.25, 0.3) is 0 Å². The van der Waals surface area contributed by atoms with Crippen molar-refractivity contribution in [1.82, 2.24) is 0 Å².